The van der Waals surface area contributed by atoms with Crippen molar-refractivity contribution in [2.75, 3.05) is 6.61 Å². The van der Waals surface area contributed by atoms with Crippen molar-refractivity contribution in [3.63, 3.8) is 0 Å². The Kier molecular flexibility index (Phi) is 7.80. The highest BCUT2D eigenvalue weighted by Gasteiger charge is 2.34. The molecular weight excluding hydrogens is 255 g/mol. The molecule has 0 radical (unpaired) electrons. The third-order valence-electron chi connectivity index (χ3n) is 5.56. The molecule has 0 aliphatic carbocycles. The Hall–Kier alpha value is -0.495. The quantitative estimate of drug-likeness (QED) is 0.346. The minimum absolute atomic E-state index is 0.377. The minimum atomic E-state index is 0.377. The fourth-order valence-electron chi connectivity index (χ4n) is 3.30. The number of hydrogen-bond acceptors (Lipinski definition) is 1. The molecule has 0 saturated carbocycles. The van der Waals surface area contributed by atoms with Gasteiger partial charge in [-0.05, 0) is 55.6 Å². The van der Waals surface area contributed by atoms with E-state index in [2.05, 4.69) is 40.0 Å². The van der Waals surface area contributed by atoms with E-state index in [0.29, 0.717) is 17.7 Å². The van der Waals surface area contributed by atoms with Gasteiger partial charge in [-0.2, -0.15) is 0 Å². The summed E-state index contributed by atoms with van der Waals surface area (Å²) in [6.07, 6.45) is 15.1. The van der Waals surface area contributed by atoms with E-state index in [1.807, 2.05) is 6.08 Å². The highest BCUT2D eigenvalue weighted by Crippen LogP contribution is 2.38. The number of hydrogen-bond donors (Lipinski definition) is 0. The van der Waals surface area contributed by atoms with Gasteiger partial charge in [0.25, 0.3) is 6.92 Å². The van der Waals surface area contributed by atoms with E-state index in [1.165, 1.54) is 44.7 Å². The maximum atomic E-state index is 6.18. The maximum Gasteiger partial charge on any atom is 0.293 e. The van der Waals surface area contributed by atoms with Crippen LogP contribution in [-0.4, -0.2) is 13.5 Å². The van der Waals surface area contributed by atoms with Crippen LogP contribution < -0.4 is 0 Å². The fraction of sp³-hybridized carbons (Fsp3) is 0.789. The van der Waals surface area contributed by atoms with E-state index in [1.54, 1.807) is 0 Å². The Morgan fingerprint density at radius 1 is 1.24 bits per heavy atom. The summed E-state index contributed by atoms with van der Waals surface area (Å²) in [6, 6.07) is 0. The summed E-state index contributed by atoms with van der Waals surface area (Å²) in [6.45, 7) is 16.2. The third-order valence-corrected chi connectivity index (χ3v) is 5.56. The lowest BCUT2D eigenvalue weighted by atomic mass is 9.53. The van der Waals surface area contributed by atoms with E-state index in [9.17, 15) is 0 Å². The molecule has 2 heteroatoms. The molecule has 0 aromatic heterocycles. The van der Waals surface area contributed by atoms with E-state index in [4.69, 9.17) is 4.65 Å². The van der Waals surface area contributed by atoms with Crippen molar-refractivity contribution in [1.29, 1.82) is 0 Å². The molecule has 1 fully saturated rings. The molecular formula is C19H35BO. The molecule has 0 aromatic carbocycles. The van der Waals surface area contributed by atoms with Crippen LogP contribution in [-0.2, 0) is 4.65 Å². The van der Waals surface area contributed by atoms with Gasteiger partial charge in [0.15, 0.2) is 0 Å². The molecule has 0 spiro atoms. The Bertz CT molecular complexity index is 318. The zero-order chi connectivity index (χ0) is 15.8. The lowest BCUT2D eigenvalue weighted by molar-refractivity contribution is 0.119. The first-order valence-electron chi connectivity index (χ1n) is 8.80. The van der Waals surface area contributed by atoms with Crippen molar-refractivity contribution < 1.29 is 4.65 Å². The Labute approximate surface area is 133 Å². The van der Waals surface area contributed by atoms with Crippen molar-refractivity contribution in [1.82, 2.24) is 0 Å². The first-order chi connectivity index (χ1) is 9.97. The van der Waals surface area contributed by atoms with Gasteiger partial charge in [0.05, 0.1) is 0 Å². The molecule has 2 unspecified atom stereocenters. The predicted molar refractivity (Wildman–Crippen MR) is 95.9 cm³/mol. The van der Waals surface area contributed by atoms with Crippen molar-refractivity contribution in [3.8, 4) is 0 Å². The molecule has 0 aromatic rings. The largest absolute Gasteiger partial charge is 0.435 e. The van der Waals surface area contributed by atoms with Gasteiger partial charge in [0.2, 0.25) is 0 Å². The van der Waals surface area contributed by atoms with Crippen LogP contribution in [0.15, 0.2) is 25.3 Å². The number of allylic oxidation sites excluding steroid dienone is 2. The topological polar surface area (TPSA) is 9.23 Å². The first-order valence-corrected chi connectivity index (χ1v) is 8.80. The van der Waals surface area contributed by atoms with E-state index >= 15 is 0 Å². The standard InChI is InChI=1S/C19H35BO/c1-6-9-11-18(4,8-3)13-15-20-16-14-19(5,17-21-20)12-10-7-2/h6-7H,1-2,8-17H2,3-5H3. The first kappa shape index (κ1) is 18.6. The van der Waals surface area contributed by atoms with Crippen LogP contribution in [0, 0.1) is 10.8 Å². The predicted octanol–water partition coefficient (Wildman–Crippen LogP) is 6.14. The van der Waals surface area contributed by atoms with Crippen molar-refractivity contribution >= 4 is 6.92 Å². The van der Waals surface area contributed by atoms with Crippen LogP contribution in [0.4, 0.5) is 0 Å². The van der Waals surface area contributed by atoms with Gasteiger partial charge in [-0.1, -0.05) is 45.8 Å². The van der Waals surface area contributed by atoms with Crippen LogP contribution in [0.3, 0.4) is 0 Å². The van der Waals surface area contributed by atoms with Gasteiger partial charge >= 0.3 is 0 Å². The van der Waals surface area contributed by atoms with Gasteiger partial charge in [0.1, 0.15) is 0 Å². The van der Waals surface area contributed by atoms with Crippen LogP contribution in [0.5, 0.6) is 0 Å². The van der Waals surface area contributed by atoms with Crippen LogP contribution in [0.2, 0.25) is 12.6 Å². The highest BCUT2D eigenvalue weighted by molar-refractivity contribution is 6.52. The summed E-state index contributed by atoms with van der Waals surface area (Å²) < 4.78 is 6.18. The average Bonchev–Trinajstić information content (AvgIpc) is 2.50. The molecule has 0 amide bonds. The average molecular weight is 290 g/mol. The minimum Gasteiger partial charge on any atom is -0.435 e. The highest BCUT2D eigenvalue weighted by atomic mass is 16.4. The van der Waals surface area contributed by atoms with Crippen molar-refractivity contribution in [2.45, 2.75) is 78.4 Å². The molecule has 1 aliphatic heterocycles. The third kappa shape index (κ3) is 6.42. The zero-order valence-corrected chi connectivity index (χ0v) is 14.6. The summed E-state index contributed by atoms with van der Waals surface area (Å²) in [5.41, 5.74) is 0.836. The van der Waals surface area contributed by atoms with Crippen LogP contribution >= 0.6 is 0 Å². The summed E-state index contributed by atoms with van der Waals surface area (Å²) in [5, 5.41) is 0. The van der Waals surface area contributed by atoms with Gasteiger partial charge in [-0.25, -0.2) is 0 Å². The van der Waals surface area contributed by atoms with Gasteiger partial charge in [-0.15, -0.1) is 13.2 Å². The zero-order valence-electron chi connectivity index (χ0n) is 14.6. The van der Waals surface area contributed by atoms with Gasteiger partial charge in [0, 0.05) is 6.61 Å². The lowest BCUT2D eigenvalue weighted by Crippen LogP contribution is -2.36. The summed E-state index contributed by atoms with van der Waals surface area (Å²) in [5.74, 6) is 0. The Morgan fingerprint density at radius 2 is 1.95 bits per heavy atom. The summed E-state index contributed by atoms with van der Waals surface area (Å²) in [7, 11) is 0. The Morgan fingerprint density at radius 3 is 2.48 bits per heavy atom. The van der Waals surface area contributed by atoms with Crippen molar-refractivity contribution in [2.24, 2.45) is 10.8 Å². The van der Waals surface area contributed by atoms with Crippen molar-refractivity contribution in [3.05, 3.63) is 25.3 Å². The van der Waals surface area contributed by atoms with Crippen LogP contribution in [0.25, 0.3) is 0 Å². The molecule has 1 nitrogen and oxygen atoms in total. The molecule has 0 N–H and O–H groups in total. The van der Waals surface area contributed by atoms with E-state index in [0.717, 1.165) is 19.4 Å². The summed E-state index contributed by atoms with van der Waals surface area (Å²) in [4.78, 5) is 0. The molecule has 1 rings (SSSR count). The molecule has 1 aliphatic rings. The fourth-order valence-corrected chi connectivity index (χ4v) is 3.30. The second-order valence-corrected chi connectivity index (χ2v) is 7.64. The second-order valence-electron chi connectivity index (χ2n) is 7.64. The maximum absolute atomic E-state index is 6.18. The molecule has 0 bridgehead atoms. The van der Waals surface area contributed by atoms with E-state index in [-0.39, 0.29) is 0 Å². The van der Waals surface area contributed by atoms with Crippen LogP contribution in [0.1, 0.15) is 65.7 Å². The monoisotopic (exact) mass is 290 g/mol. The lowest BCUT2D eigenvalue weighted by Gasteiger charge is -2.37. The second kappa shape index (κ2) is 8.83. The summed E-state index contributed by atoms with van der Waals surface area (Å²) >= 11 is 0. The molecule has 2 atom stereocenters. The number of rotatable bonds is 10. The van der Waals surface area contributed by atoms with Gasteiger partial charge < -0.3 is 4.65 Å². The van der Waals surface area contributed by atoms with Gasteiger partial charge in [-0.3, -0.25) is 0 Å². The molecule has 21 heavy (non-hydrogen) atoms. The SMILES string of the molecule is C=CCCC(C)(CC)CCB1CCC(C)(CCC=C)CO1. The van der Waals surface area contributed by atoms with E-state index < -0.39 is 0 Å². The Balaban J connectivity index is 2.34. The normalized spacial score (nSPS) is 25.4. The molecule has 120 valence electrons. The smallest absolute Gasteiger partial charge is 0.293 e. The molecule has 1 heterocycles. The molecule has 1 saturated heterocycles.